The van der Waals surface area contributed by atoms with E-state index in [-0.39, 0.29) is 5.57 Å². The number of aliphatic carboxylic acids is 1. The number of carboxylic acid groups (broad SMARTS) is 1. The number of hydrogen-bond donors (Lipinski definition) is 2. The number of carboxylic acids is 1. The number of ether oxygens (including phenoxy) is 1. The molecule has 0 amide bonds. The van der Waals surface area contributed by atoms with Crippen LogP contribution in [0.2, 0.25) is 0 Å². The lowest BCUT2D eigenvalue weighted by Gasteiger charge is -1.97. The molecule has 2 N–H and O–H groups in total. The van der Waals surface area contributed by atoms with Crippen molar-refractivity contribution in [2.45, 2.75) is 0 Å². The van der Waals surface area contributed by atoms with Gasteiger partial charge in [0.05, 0.1) is 18.4 Å². The smallest absolute Gasteiger partial charge is 0.337 e. The molecule has 2 aromatic rings. The second-order valence-corrected chi connectivity index (χ2v) is 3.42. The lowest BCUT2D eigenvalue weighted by atomic mass is 10.2. The summed E-state index contributed by atoms with van der Waals surface area (Å²) in [7, 11) is 1.58. The number of carbonyl (C=O) groups is 1. The van der Waals surface area contributed by atoms with Crippen LogP contribution in [-0.2, 0) is 4.79 Å². The van der Waals surface area contributed by atoms with Gasteiger partial charge in [-0.2, -0.15) is 0 Å². The predicted molar refractivity (Wildman–Crippen MR) is 61.5 cm³/mol. The van der Waals surface area contributed by atoms with Gasteiger partial charge in [0.15, 0.2) is 0 Å². The molecule has 0 aliphatic rings. The van der Waals surface area contributed by atoms with Crippen LogP contribution in [0.25, 0.3) is 16.5 Å². The zero-order valence-electron chi connectivity index (χ0n) is 8.78. The number of methoxy groups -OCH3 is 1. The van der Waals surface area contributed by atoms with Crippen LogP contribution in [0.5, 0.6) is 5.75 Å². The molecule has 0 saturated heterocycles. The molecule has 16 heavy (non-hydrogen) atoms. The van der Waals surface area contributed by atoms with Crippen molar-refractivity contribution in [2.75, 3.05) is 7.11 Å². The molecule has 0 aliphatic carbocycles. The first-order valence-electron chi connectivity index (χ1n) is 4.71. The third-order valence-corrected chi connectivity index (χ3v) is 2.41. The lowest BCUT2D eigenvalue weighted by molar-refractivity contribution is -0.130. The summed E-state index contributed by atoms with van der Waals surface area (Å²) >= 11 is 0. The molecule has 0 fully saturated rings. The van der Waals surface area contributed by atoms with E-state index in [4.69, 9.17) is 9.84 Å². The van der Waals surface area contributed by atoms with E-state index < -0.39 is 5.97 Å². The molecule has 0 unspecified atom stereocenters. The Kier molecular flexibility index (Phi) is 2.40. The van der Waals surface area contributed by atoms with E-state index in [1.807, 2.05) is 18.2 Å². The number of hydrogen-bond acceptors (Lipinski definition) is 2. The van der Waals surface area contributed by atoms with Crippen molar-refractivity contribution in [3.8, 4) is 5.75 Å². The first-order valence-corrected chi connectivity index (χ1v) is 4.71. The van der Waals surface area contributed by atoms with Gasteiger partial charge in [-0.15, -0.1) is 0 Å². The maximum absolute atomic E-state index is 10.8. The summed E-state index contributed by atoms with van der Waals surface area (Å²) in [5.74, 6) is -0.305. The highest BCUT2D eigenvalue weighted by Crippen LogP contribution is 2.23. The quantitative estimate of drug-likeness (QED) is 0.775. The van der Waals surface area contributed by atoms with E-state index in [0.29, 0.717) is 5.69 Å². The van der Waals surface area contributed by atoms with Crippen LogP contribution in [0.15, 0.2) is 30.8 Å². The van der Waals surface area contributed by atoms with E-state index in [0.717, 1.165) is 16.7 Å². The molecule has 0 radical (unpaired) electrons. The molecule has 1 heterocycles. The summed E-state index contributed by atoms with van der Waals surface area (Å²) in [6, 6.07) is 7.26. The van der Waals surface area contributed by atoms with Crippen LogP contribution >= 0.6 is 0 Å². The Balaban J connectivity index is 2.51. The summed E-state index contributed by atoms with van der Waals surface area (Å²) in [4.78, 5) is 13.7. The first-order chi connectivity index (χ1) is 7.61. The van der Waals surface area contributed by atoms with E-state index in [9.17, 15) is 4.79 Å². The SMILES string of the molecule is C=C(C(=O)O)c1cc2ccc(OC)cc2[nH]1. The Bertz CT molecular complexity index is 569. The van der Waals surface area contributed by atoms with E-state index in [1.54, 1.807) is 13.2 Å². The van der Waals surface area contributed by atoms with Crippen molar-refractivity contribution < 1.29 is 14.6 Å². The molecular weight excluding hydrogens is 206 g/mol. The fourth-order valence-corrected chi connectivity index (χ4v) is 1.51. The van der Waals surface area contributed by atoms with E-state index >= 15 is 0 Å². The molecule has 2 rings (SSSR count). The third-order valence-electron chi connectivity index (χ3n) is 2.41. The summed E-state index contributed by atoms with van der Waals surface area (Å²) in [5, 5.41) is 9.75. The van der Waals surface area contributed by atoms with Crippen molar-refractivity contribution in [2.24, 2.45) is 0 Å². The normalized spacial score (nSPS) is 10.3. The van der Waals surface area contributed by atoms with Crippen LogP contribution < -0.4 is 4.74 Å². The van der Waals surface area contributed by atoms with Gasteiger partial charge in [0, 0.05) is 17.0 Å². The molecule has 0 bridgehead atoms. The van der Waals surface area contributed by atoms with Crippen LogP contribution in [0.4, 0.5) is 0 Å². The van der Waals surface area contributed by atoms with Gasteiger partial charge in [0.1, 0.15) is 5.75 Å². The number of benzene rings is 1. The predicted octanol–water partition coefficient (Wildman–Crippen LogP) is 2.27. The van der Waals surface area contributed by atoms with Crippen molar-refractivity contribution in [1.29, 1.82) is 0 Å². The standard InChI is InChI=1S/C12H11NO3/c1-7(12(14)15)10-5-8-3-4-9(16-2)6-11(8)13-10/h3-6,13H,1H2,2H3,(H,14,15). The Labute approximate surface area is 92.2 Å². The second-order valence-electron chi connectivity index (χ2n) is 3.42. The molecule has 0 spiro atoms. The molecule has 4 nitrogen and oxygen atoms in total. The highest BCUT2D eigenvalue weighted by Gasteiger charge is 2.10. The van der Waals surface area contributed by atoms with Crippen LogP contribution in [0.1, 0.15) is 5.69 Å². The largest absolute Gasteiger partial charge is 0.497 e. The highest BCUT2D eigenvalue weighted by molar-refractivity contribution is 6.14. The maximum Gasteiger partial charge on any atom is 0.337 e. The molecule has 82 valence electrons. The second kappa shape index (κ2) is 3.73. The van der Waals surface area contributed by atoms with Crippen LogP contribution in [0.3, 0.4) is 0 Å². The first kappa shape index (κ1) is 10.3. The fourth-order valence-electron chi connectivity index (χ4n) is 1.51. The summed E-state index contributed by atoms with van der Waals surface area (Å²) in [5.41, 5.74) is 1.39. The Hall–Kier alpha value is -2.23. The molecule has 0 aliphatic heterocycles. The van der Waals surface area contributed by atoms with Crippen molar-refractivity contribution in [3.63, 3.8) is 0 Å². The minimum absolute atomic E-state index is 0.0511. The molecule has 0 atom stereocenters. The van der Waals surface area contributed by atoms with Gasteiger partial charge in [-0.25, -0.2) is 4.79 Å². The minimum atomic E-state index is -1.03. The van der Waals surface area contributed by atoms with Gasteiger partial charge >= 0.3 is 5.97 Å². The average molecular weight is 217 g/mol. The van der Waals surface area contributed by atoms with Gasteiger partial charge in [0.25, 0.3) is 0 Å². The highest BCUT2D eigenvalue weighted by atomic mass is 16.5. The minimum Gasteiger partial charge on any atom is -0.497 e. The van der Waals surface area contributed by atoms with Gasteiger partial charge in [-0.1, -0.05) is 6.58 Å². The number of rotatable bonds is 3. The zero-order valence-corrected chi connectivity index (χ0v) is 8.78. The van der Waals surface area contributed by atoms with Crippen LogP contribution in [-0.4, -0.2) is 23.2 Å². The molecular formula is C12H11NO3. The zero-order chi connectivity index (χ0) is 11.7. The van der Waals surface area contributed by atoms with E-state index in [2.05, 4.69) is 11.6 Å². The maximum atomic E-state index is 10.8. The summed E-state index contributed by atoms with van der Waals surface area (Å²) in [6.07, 6.45) is 0. The van der Waals surface area contributed by atoms with Crippen molar-refractivity contribution >= 4 is 22.4 Å². The fraction of sp³-hybridized carbons (Fsp3) is 0.0833. The Morgan fingerprint density at radius 1 is 1.44 bits per heavy atom. The third kappa shape index (κ3) is 1.65. The number of aromatic amines is 1. The number of nitrogens with one attached hydrogen (secondary N) is 1. The summed E-state index contributed by atoms with van der Waals surface area (Å²) in [6.45, 7) is 3.50. The molecule has 1 aromatic heterocycles. The Morgan fingerprint density at radius 2 is 2.19 bits per heavy atom. The molecule has 0 saturated carbocycles. The Morgan fingerprint density at radius 3 is 2.81 bits per heavy atom. The van der Waals surface area contributed by atoms with Gasteiger partial charge in [-0.3, -0.25) is 0 Å². The number of fused-ring (bicyclic) bond motifs is 1. The average Bonchev–Trinajstić information content (AvgIpc) is 2.69. The molecule has 4 heteroatoms. The summed E-state index contributed by atoms with van der Waals surface area (Å²) < 4.78 is 5.08. The van der Waals surface area contributed by atoms with Crippen molar-refractivity contribution in [1.82, 2.24) is 4.98 Å². The number of aromatic nitrogens is 1. The van der Waals surface area contributed by atoms with E-state index in [1.165, 1.54) is 0 Å². The van der Waals surface area contributed by atoms with Gasteiger partial charge in [-0.05, 0) is 18.2 Å². The topological polar surface area (TPSA) is 62.3 Å². The molecule has 1 aromatic carbocycles. The van der Waals surface area contributed by atoms with Crippen molar-refractivity contribution in [3.05, 3.63) is 36.5 Å². The van der Waals surface area contributed by atoms with Gasteiger partial charge < -0.3 is 14.8 Å². The lowest BCUT2D eigenvalue weighted by Crippen LogP contribution is -1.97. The monoisotopic (exact) mass is 217 g/mol. The van der Waals surface area contributed by atoms with Gasteiger partial charge in [0.2, 0.25) is 0 Å². The van der Waals surface area contributed by atoms with Crippen LogP contribution in [0, 0.1) is 0 Å². The number of H-pyrrole nitrogens is 1.